The molecule has 1 aromatic rings. The van der Waals surface area contributed by atoms with E-state index in [1.54, 1.807) is 7.11 Å². The minimum Gasteiger partial charge on any atom is -0.382 e. The van der Waals surface area contributed by atoms with Crippen molar-refractivity contribution in [3.05, 3.63) is 29.8 Å². The molecule has 1 saturated carbocycles. The van der Waals surface area contributed by atoms with Crippen LogP contribution in [0.3, 0.4) is 0 Å². The van der Waals surface area contributed by atoms with E-state index in [0.717, 1.165) is 12.8 Å². The molecule has 3 nitrogen and oxygen atoms in total. The van der Waals surface area contributed by atoms with E-state index in [4.69, 9.17) is 10.5 Å². The second-order valence-corrected chi connectivity index (χ2v) is 4.50. The average molecular weight is 220 g/mol. The lowest BCUT2D eigenvalue weighted by atomic mass is 10.1. The van der Waals surface area contributed by atoms with Crippen molar-refractivity contribution in [2.75, 3.05) is 12.4 Å². The minimum atomic E-state index is 0.368. The molecule has 0 saturated heterocycles. The summed E-state index contributed by atoms with van der Waals surface area (Å²) < 4.78 is 5.19. The standard InChI is InChI=1S/C13H20N2O/c1-16-9-10-4-2-3-5-13(10)15-12-7-6-11(14)8-12/h2-5,11-12,15H,6-9,14H2,1H3. The molecule has 0 aromatic heterocycles. The highest BCUT2D eigenvalue weighted by Gasteiger charge is 2.21. The van der Waals surface area contributed by atoms with Gasteiger partial charge in [-0.1, -0.05) is 18.2 Å². The summed E-state index contributed by atoms with van der Waals surface area (Å²) >= 11 is 0. The van der Waals surface area contributed by atoms with Gasteiger partial charge in [0.25, 0.3) is 0 Å². The van der Waals surface area contributed by atoms with E-state index in [2.05, 4.69) is 23.5 Å². The molecule has 1 aliphatic rings. The van der Waals surface area contributed by atoms with E-state index in [1.807, 2.05) is 6.07 Å². The molecule has 88 valence electrons. The molecule has 0 bridgehead atoms. The van der Waals surface area contributed by atoms with Gasteiger partial charge in [-0.2, -0.15) is 0 Å². The highest BCUT2D eigenvalue weighted by molar-refractivity contribution is 5.51. The lowest BCUT2D eigenvalue weighted by Gasteiger charge is -2.17. The van der Waals surface area contributed by atoms with E-state index < -0.39 is 0 Å². The highest BCUT2D eigenvalue weighted by Crippen LogP contribution is 2.24. The fraction of sp³-hybridized carbons (Fsp3) is 0.538. The Hall–Kier alpha value is -1.06. The molecule has 2 unspecified atom stereocenters. The number of anilines is 1. The van der Waals surface area contributed by atoms with Gasteiger partial charge in [0.05, 0.1) is 6.61 Å². The Balaban J connectivity index is 2.02. The molecule has 0 spiro atoms. The number of ether oxygens (including phenoxy) is 1. The molecule has 0 heterocycles. The Bertz CT molecular complexity index is 340. The summed E-state index contributed by atoms with van der Waals surface area (Å²) in [6, 6.07) is 9.19. The lowest BCUT2D eigenvalue weighted by molar-refractivity contribution is 0.185. The lowest BCUT2D eigenvalue weighted by Crippen LogP contribution is -2.21. The zero-order valence-corrected chi connectivity index (χ0v) is 9.78. The summed E-state index contributed by atoms with van der Waals surface area (Å²) in [5.41, 5.74) is 8.31. The van der Waals surface area contributed by atoms with Gasteiger partial charge in [-0.25, -0.2) is 0 Å². The zero-order valence-electron chi connectivity index (χ0n) is 9.78. The van der Waals surface area contributed by atoms with Gasteiger partial charge in [0.1, 0.15) is 0 Å². The molecule has 3 heteroatoms. The molecular weight excluding hydrogens is 200 g/mol. The molecule has 1 aromatic carbocycles. The summed E-state index contributed by atoms with van der Waals surface area (Å²) in [7, 11) is 1.72. The summed E-state index contributed by atoms with van der Waals surface area (Å²) in [4.78, 5) is 0. The van der Waals surface area contributed by atoms with Crippen molar-refractivity contribution in [2.45, 2.75) is 38.0 Å². The third-order valence-electron chi connectivity index (χ3n) is 3.15. The molecule has 1 fully saturated rings. The van der Waals surface area contributed by atoms with Crippen molar-refractivity contribution < 1.29 is 4.74 Å². The number of hydrogen-bond acceptors (Lipinski definition) is 3. The van der Waals surface area contributed by atoms with E-state index in [-0.39, 0.29) is 0 Å². The van der Waals surface area contributed by atoms with Crippen molar-refractivity contribution in [3.8, 4) is 0 Å². The van der Waals surface area contributed by atoms with Crippen LogP contribution in [0.15, 0.2) is 24.3 Å². The summed E-state index contributed by atoms with van der Waals surface area (Å²) in [5.74, 6) is 0. The van der Waals surface area contributed by atoms with Crippen molar-refractivity contribution in [1.82, 2.24) is 0 Å². The van der Waals surface area contributed by atoms with Gasteiger partial charge >= 0.3 is 0 Å². The van der Waals surface area contributed by atoms with Crippen molar-refractivity contribution in [1.29, 1.82) is 0 Å². The molecule has 0 aliphatic heterocycles. The fourth-order valence-corrected chi connectivity index (χ4v) is 2.31. The second-order valence-electron chi connectivity index (χ2n) is 4.50. The van der Waals surface area contributed by atoms with Gasteiger partial charge in [-0.3, -0.25) is 0 Å². The van der Waals surface area contributed by atoms with Crippen molar-refractivity contribution >= 4 is 5.69 Å². The van der Waals surface area contributed by atoms with Crippen LogP contribution in [0, 0.1) is 0 Å². The number of benzene rings is 1. The van der Waals surface area contributed by atoms with Crippen LogP contribution < -0.4 is 11.1 Å². The minimum absolute atomic E-state index is 0.368. The number of nitrogens with two attached hydrogens (primary N) is 1. The Morgan fingerprint density at radius 3 is 2.88 bits per heavy atom. The smallest absolute Gasteiger partial charge is 0.0733 e. The topological polar surface area (TPSA) is 47.3 Å². The maximum atomic E-state index is 5.91. The predicted molar refractivity (Wildman–Crippen MR) is 66.4 cm³/mol. The third kappa shape index (κ3) is 2.74. The molecule has 2 rings (SSSR count). The van der Waals surface area contributed by atoms with Crippen LogP contribution in [0.25, 0.3) is 0 Å². The van der Waals surface area contributed by atoms with E-state index in [1.165, 1.54) is 17.7 Å². The fourth-order valence-electron chi connectivity index (χ4n) is 2.31. The van der Waals surface area contributed by atoms with Crippen LogP contribution in [0.4, 0.5) is 5.69 Å². The quantitative estimate of drug-likeness (QED) is 0.817. The van der Waals surface area contributed by atoms with E-state index in [9.17, 15) is 0 Å². The number of rotatable bonds is 4. The monoisotopic (exact) mass is 220 g/mol. The van der Waals surface area contributed by atoms with Gasteiger partial charge in [0.15, 0.2) is 0 Å². The van der Waals surface area contributed by atoms with Crippen LogP contribution >= 0.6 is 0 Å². The van der Waals surface area contributed by atoms with Gasteiger partial charge < -0.3 is 15.8 Å². The maximum absolute atomic E-state index is 5.91. The van der Waals surface area contributed by atoms with Crippen LogP contribution in [0.2, 0.25) is 0 Å². The predicted octanol–water partition coefficient (Wildman–Crippen LogP) is 2.12. The first-order valence-electron chi connectivity index (χ1n) is 5.88. The molecule has 16 heavy (non-hydrogen) atoms. The SMILES string of the molecule is COCc1ccccc1NC1CCC(N)C1. The van der Waals surface area contributed by atoms with Crippen LogP contribution in [0.5, 0.6) is 0 Å². The first-order valence-corrected chi connectivity index (χ1v) is 5.88. The summed E-state index contributed by atoms with van der Waals surface area (Å²) in [5, 5.41) is 3.56. The number of methoxy groups -OCH3 is 1. The molecule has 0 amide bonds. The van der Waals surface area contributed by atoms with Gasteiger partial charge in [0.2, 0.25) is 0 Å². The van der Waals surface area contributed by atoms with Crippen LogP contribution in [-0.2, 0) is 11.3 Å². The second kappa shape index (κ2) is 5.32. The maximum Gasteiger partial charge on any atom is 0.0733 e. The number of nitrogens with one attached hydrogen (secondary N) is 1. The van der Waals surface area contributed by atoms with Crippen LogP contribution in [0.1, 0.15) is 24.8 Å². The van der Waals surface area contributed by atoms with E-state index >= 15 is 0 Å². The van der Waals surface area contributed by atoms with E-state index in [0.29, 0.717) is 18.7 Å². The van der Waals surface area contributed by atoms with Crippen LogP contribution in [-0.4, -0.2) is 19.2 Å². The average Bonchev–Trinajstić information content (AvgIpc) is 2.67. The summed E-state index contributed by atoms with van der Waals surface area (Å²) in [6.07, 6.45) is 3.37. The molecule has 0 radical (unpaired) electrons. The third-order valence-corrected chi connectivity index (χ3v) is 3.15. The zero-order chi connectivity index (χ0) is 11.4. The number of para-hydroxylation sites is 1. The Labute approximate surface area is 97.0 Å². The normalized spacial score (nSPS) is 24.6. The van der Waals surface area contributed by atoms with Gasteiger partial charge in [-0.05, 0) is 25.3 Å². The molecule has 1 aliphatic carbocycles. The Kier molecular flexibility index (Phi) is 3.80. The number of hydrogen-bond donors (Lipinski definition) is 2. The Morgan fingerprint density at radius 1 is 1.38 bits per heavy atom. The Morgan fingerprint density at radius 2 is 2.19 bits per heavy atom. The largest absolute Gasteiger partial charge is 0.382 e. The van der Waals surface area contributed by atoms with Gasteiger partial charge in [0, 0.05) is 30.4 Å². The van der Waals surface area contributed by atoms with Crippen molar-refractivity contribution in [3.63, 3.8) is 0 Å². The van der Waals surface area contributed by atoms with Crippen molar-refractivity contribution in [2.24, 2.45) is 5.73 Å². The summed E-state index contributed by atoms with van der Waals surface area (Å²) in [6.45, 7) is 0.655. The van der Waals surface area contributed by atoms with Gasteiger partial charge in [-0.15, -0.1) is 0 Å². The highest BCUT2D eigenvalue weighted by atomic mass is 16.5. The molecule has 2 atom stereocenters. The molecular formula is C13H20N2O. The first kappa shape index (κ1) is 11.4. The molecule has 3 N–H and O–H groups in total. The first-order chi connectivity index (χ1) is 7.79.